The summed E-state index contributed by atoms with van der Waals surface area (Å²) in [6.07, 6.45) is 0.541. The number of amides is 1. The first-order chi connectivity index (χ1) is 10.0. The second kappa shape index (κ2) is 5.08. The molecule has 1 aliphatic rings. The molecule has 3 nitrogen and oxygen atoms in total. The van der Waals surface area contributed by atoms with Gasteiger partial charge in [-0.3, -0.25) is 4.79 Å². The van der Waals surface area contributed by atoms with Crippen molar-refractivity contribution in [3.05, 3.63) is 58.6 Å². The molecule has 1 N–H and O–H groups in total. The fraction of sp³-hybridized carbons (Fsp3) is 0.235. The number of carbonyl (C=O) groups is 1. The van der Waals surface area contributed by atoms with Crippen molar-refractivity contribution < 1.29 is 9.53 Å². The number of carbonyl (C=O) groups excluding carboxylic acids is 1. The van der Waals surface area contributed by atoms with Gasteiger partial charge in [-0.25, -0.2) is 0 Å². The smallest absolute Gasteiger partial charge is 0.235 e. The summed E-state index contributed by atoms with van der Waals surface area (Å²) in [4.78, 5) is 12.5. The Kier molecular flexibility index (Phi) is 3.38. The van der Waals surface area contributed by atoms with Crippen LogP contribution in [0, 0.1) is 0 Å². The van der Waals surface area contributed by atoms with Crippen molar-refractivity contribution in [2.24, 2.45) is 0 Å². The lowest BCUT2D eigenvalue weighted by Crippen LogP contribution is -2.33. The van der Waals surface area contributed by atoms with Gasteiger partial charge in [-0.05, 0) is 48.7 Å². The lowest BCUT2D eigenvalue weighted by Gasteiger charge is -2.23. The third-order valence-electron chi connectivity index (χ3n) is 4.06. The summed E-state index contributed by atoms with van der Waals surface area (Å²) in [6.45, 7) is 1.95. The van der Waals surface area contributed by atoms with Crippen molar-refractivity contribution in [2.45, 2.75) is 18.8 Å². The van der Waals surface area contributed by atoms with Crippen LogP contribution in [0.1, 0.15) is 18.1 Å². The number of anilines is 1. The third kappa shape index (κ3) is 2.28. The minimum absolute atomic E-state index is 0.00530. The molecule has 0 fully saturated rings. The molecular weight excluding hydrogens is 286 g/mol. The molecule has 0 saturated heterocycles. The third-order valence-corrected chi connectivity index (χ3v) is 4.29. The average Bonchev–Trinajstić information content (AvgIpc) is 2.71. The number of hydrogen-bond donors (Lipinski definition) is 1. The van der Waals surface area contributed by atoms with Crippen molar-refractivity contribution in [3.63, 3.8) is 0 Å². The Labute approximate surface area is 128 Å². The Bertz CT molecular complexity index is 714. The SMILES string of the molecule is COc1ccc(Cl)cc1CC1(C)C(=O)Nc2ccccc21. The molecule has 0 aliphatic carbocycles. The van der Waals surface area contributed by atoms with Gasteiger partial charge in [0.2, 0.25) is 5.91 Å². The van der Waals surface area contributed by atoms with E-state index in [1.54, 1.807) is 13.2 Å². The standard InChI is InChI=1S/C17H16ClNO2/c1-17(10-11-9-12(18)7-8-15(11)21-2)13-5-3-4-6-14(13)19-16(17)20/h3-9H,10H2,1-2H3,(H,19,20). The van der Waals surface area contributed by atoms with Gasteiger partial charge >= 0.3 is 0 Å². The Morgan fingerprint density at radius 2 is 2.00 bits per heavy atom. The first-order valence-electron chi connectivity index (χ1n) is 6.78. The average molecular weight is 302 g/mol. The zero-order chi connectivity index (χ0) is 15.0. The van der Waals surface area contributed by atoms with Crippen LogP contribution in [0.5, 0.6) is 5.75 Å². The van der Waals surface area contributed by atoms with Crippen molar-refractivity contribution in [1.82, 2.24) is 0 Å². The molecule has 0 radical (unpaired) electrons. The fourth-order valence-electron chi connectivity index (χ4n) is 2.90. The van der Waals surface area contributed by atoms with E-state index in [0.29, 0.717) is 11.4 Å². The van der Waals surface area contributed by atoms with Gasteiger partial charge in [0.25, 0.3) is 0 Å². The van der Waals surface area contributed by atoms with E-state index in [2.05, 4.69) is 5.32 Å². The van der Waals surface area contributed by atoms with E-state index >= 15 is 0 Å². The van der Waals surface area contributed by atoms with Gasteiger partial charge in [0.05, 0.1) is 12.5 Å². The predicted molar refractivity (Wildman–Crippen MR) is 84.1 cm³/mol. The maximum absolute atomic E-state index is 12.5. The van der Waals surface area contributed by atoms with E-state index in [-0.39, 0.29) is 5.91 Å². The lowest BCUT2D eigenvalue weighted by molar-refractivity contribution is -0.120. The summed E-state index contributed by atoms with van der Waals surface area (Å²) in [6, 6.07) is 13.3. The molecule has 2 aromatic carbocycles. The summed E-state index contributed by atoms with van der Waals surface area (Å²) >= 11 is 6.09. The van der Waals surface area contributed by atoms with Gasteiger partial charge in [0, 0.05) is 10.7 Å². The van der Waals surface area contributed by atoms with Gasteiger partial charge in [-0.1, -0.05) is 29.8 Å². The Morgan fingerprint density at radius 1 is 1.24 bits per heavy atom. The van der Waals surface area contributed by atoms with Crippen LogP contribution >= 0.6 is 11.6 Å². The number of para-hydroxylation sites is 1. The number of nitrogens with one attached hydrogen (secondary N) is 1. The molecule has 0 aromatic heterocycles. The van der Waals surface area contributed by atoms with E-state index in [4.69, 9.17) is 16.3 Å². The Balaban J connectivity index is 2.05. The maximum atomic E-state index is 12.5. The summed E-state index contributed by atoms with van der Waals surface area (Å²) < 4.78 is 5.39. The summed E-state index contributed by atoms with van der Waals surface area (Å²) in [5, 5.41) is 3.59. The zero-order valence-electron chi connectivity index (χ0n) is 11.9. The molecule has 0 spiro atoms. The number of halogens is 1. The van der Waals surface area contributed by atoms with E-state index in [1.165, 1.54) is 0 Å². The lowest BCUT2D eigenvalue weighted by atomic mass is 9.78. The Morgan fingerprint density at radius 3 is 2.76 bits per heavy atom. The normalized spacial score (nSPS) is 20.0. The van der Waals surface area contributed by atoms with E-state index in [9.17, 15) is 4.79 Å². The minimum Gasteiger partial charge on any atom is -0.496 e. The van der Waals surface area contributed by atoms with Gasteiger partial charge < -0.3 is 10.1 Å². The number of hydrogen-bond acceptors (Lipinski definition) is 2. The fourth-order valence-corrected chi connectivity index (χ4v) is 3.09. The van der Waals surface area contributed by atoms with Crippen LogP contribution in [0.25, 0.3) is 0 Å². The number of benzene rings is 2. The Hall–Kier alpha value is -2.00. The topological polar surface area (TPSA) is 38.3 Å². The molecule has 108 valence electrons. The van der Waals surface area contributed by atoms with E-state index in [1.807, 2.05) is 43.3 Å². The summed E-state index contributed by atoms with van der Waals surface area (Å²) in [5.74, 6) is 0.753. The van der Waals surface area contributed by atoms with Crippen LogP contribution in [0.3, 0.4) is 0 Å². The van der Waals surface area contributed by atoms with Crippen molar-refractivity contribution >= 4 is 23.2 Å². The van der Waals surface area contributed by atoms with Crippen LogP contribution < -0.4 is 10.1 Å². The highest BCUT2D eigenvalue weighted by atomic mass is 35.5. The number of ether oxygens (including phenoxy) is 1. The van der Waals surface area contributed by atoms with Crippen LogP contribution in [0.15, 0.2) is 42.5 Å². The van der Waals surface area contributed by atoms with Gasteiger partial charge in [0.1, 0.15) is 5.75 Å². The first-order valence-corrected chi connectivity index (χ1v) is 7.16. The second-order valence-corrected chi connectivity index (χ2v) is 5.90. The van der Waals surface area contributed by atoms with Crippen molar-refractivity contribution in [2.75, 3.05) is 12.4 Å². The van der Waals surface area contributed by atoms with Crippen LogP contribution in [-0.2, 0) is 16.6 Å². The number of rotatable bonds is 3. The molecule has 1 amide bonds. The van der Waals surface area contributed by atoms with E-state index in [0.717, 1.165) is 22.6 Å². The number of methoxy groups -OCH3 is 1. The van der Waals surface area contributed by atoms with Crippen molar-refractivity contribution in [1.29, 1.82) is 0 Å². The highest BCUT2D eigenvalue weighted by molar-refractivity contribution is 6.30. The van der Waals surface area contributed by atoms with Gasteiger partial charge in [-0.15, -0.1) is 0 Å². The molecule has 0 saturated carbocycles. The highest BCUT2D eigenvalue weighted by Crippen LogP contribution is 2.41. The van der Waals surface area contributed by atoms with Crippen LogP contribution in [0.4, 0.5) is 5.69 Å². The summed E-state index contributed by atoms with van der Waals surface area (Å²) in [5.41, 5.74) is 2.21. The monoisotopic (exact) mass is 301 g/mol. The predicted octanol–water partition coefficient (Wildman–Crippen LogP) is 3.80. The van der Waals surface area contributed by atoms with Gasteiger partial charge in [-0.2, -0.15) is 0 Å². The minimum atomic E-state index is -0.617. The second-order valence-electron chi connectivity index (χ2n) is 5.46. The first kappa shape index (κ1) is 14.0. The largest absolute Gasteiger partial charge is 0.496 e. The quantitative estimate of drug-likeness (QED) is 0.936. The van der Waals surface area contributed by atoms with Crippen LogP contribution in [-0.4, -0.2) is 13.0 Å². The highest BCUT2D eigenvalue weighted by Gasteiger charge is 2.42. The van der Waals surface area contributed by atoms with Crippen molar-refractivity contribution in [3.8, 4) is 5.75 Å². The molecule has 0 bridgehead atoms. The maximum Gasteiger partial charge on any atom is 0.235 e. The molecule has 1 aliphatic heterocycles. The molecule has 1 heterocycles. The van der Waals surface area contributed by atoms with Crippen LogP contribution in [0.2, 0.25) is 5.02 Å². The molecule has 3 rings (SSSR count). The molecule has 1 atom stereocenters. The summed E-state index contributed by atoms with van der Waals surface area (Å²) in [7, 11) is 1.62. The van der Waals surface area contributed by atoms with Gasteiger partial charge in [0.15, 0.2) is 0 Å². The molecular formula is C17H16ClNO2. The molecule has 21 heavy (non-hydrogen) atoms. The number of fused-ring (bicyclic) bond motifs is 1. The molecule has 2 aromatic rings. The van der Waals surface area contributed by atoms with E-state index < -0.39 is 5.41 Å². The zero-order valence-corrected chi connectivity index (χ0v) is 12.7. The molecule has 1 unspecified atom stereocenters. The molecule has 4 heteroatoms.